The first-order valence-corrected chi connectivity index (χ1v) is 12.9. The smallest absolute Gasteiger partial charge is 0.239 e. The number of benzene rings is 2. The maximum absolute atomic E-state index is 13.6. The van der Waals surface area contributed by atoms with E-state index in [-0.39, 0.29) is 29.9 Å². The highest BCUT2D eigenvalue weighted by Gasteiger charge is 2.44. The molecule has 42 heavy (non-hydrogen) atoms. The second kappa shape index (κ2) is 11.5. The predicted molar refractivity (Wildman–Crippen MR) is 139 cm³/mol. The number of aromatic hydroxyl groups is 4. The first-order chi connectivity index (χ1) is 19.8. The van der Waals surface area contributed by atoms with E-state index in [9.17, 15) is 50.8 Å². The molecule has 0 bridgehead atoms. The maximum atomic E-state index is 13.6. The zero-order valence-corrected chi connectivity index (χ0v) is 22.0. The molecular formula is C27H30O15. The van der Waals surface area contributed by atoms with Gasteiger partial charge in [-0.25, -0.2) is 0 Å². The molecule has 9 N–H and O–H groups in total. The predicted octanol–water partition coefficient (Wildman–Crippen LogP) is -0.658. The molecule has 2 saturated heterocycles. The average molecular weight is 595 g/mol. The maximum Gasteiger partial charge on any atom is 0.239 e. The van der Waals surface area contributed by atoms with Crippen LogP contribution in [0.2, 0.25) is 0 Å². The first kappa shape index (κ1) is 29.8. The summed E-state index contributed by atoms with van der Waals surface area (Å²) in [5, 5.41) is 90.9. The lowest BCUT2D eigenvalue weighted by molar-refractivity contribution is -0.307. The van der Waals surface area contributed by atoms with Crippen LogP contribution >= 0.6 is 0 Å². The monoisotopic (exact) mass is 594 g/mol. The summed E-state index contributed by atoms with van der Waals surface area (Å²) in [5.41, 5.74) is -1.19. The zero-order chi connectivity index (χ0) is 30.5. The van der Waals surface area contributed by atoms with Crippen LogP contribution in [0.4, 0.5) is 0 Å². The number of fused-ring (bicyclic) bond motifs is 1. The van der Waals surface area contributed by atoms with Crippen molar-refractivity contribution in [2.75, 3.05) is 6.61 Å². The van der Waals surface area contributed by atoms with Gasteiger partial charge in [0.2, 0.25) is 17.5 Å². The van der Waals surface area contributed by atoms with E-state index in [1.165, 1.54) is 13.0 Å². The molecule has 228 valence electrons. The summed E-state index contributed by atoms with van der Waals surface area (Å²) in [4.78, 5) is 13.6. The summed E-state index contributed by atoms with van der Waals surface area (Å²) in [6.45, 7) is 1.13. The Hall–Kier alpha value is -3.67. The second-order valence-electron chi connectivity index (χ2n) is 10.2. The van der Waals surface area contributed by atoms with Crippen molar-refractivity contribution in [1.29, 1.82) is 0 Å². The lowest BCUT2D eigenvalue weighted by Crippen LogP contribution is -2.58. The molecule has 0 radical (unpaired) electrons. The quantitative estimate of drug-likeness (QED) is 0.161. The van der Waals surface area contributed by atoms with E-state index < -0.39 is 94.9 Å². The molecule has 0 aliphatic carbocycles. The molecule has 2 aliphatic rings. The molecule has 15 nitrogen and oxygen atoms in total. The van der Waals surface area contributed by atoms with Crippen LogP contribution in [0.15, 0.2) is 39.5 Å². The molecule has 15 heteroatoms. The van der Waals surface area contributed by atoms with Gasteiger partial charge in [0.1, 0.15) is 46.9 Å². The van der Waals surface area contributed by atoms with Gasteiger partial charge in [-0.2, -0.15) is 0 Å². The van der Waals surface area contributed by atoms with Gasteiger partial charge in [0, 0.05) is 24.1 Å². The number of phenols is 4. The molecule has 0 unspecified atom stereocenters. The zero-order valence-electron chi connectivity index (χ0n) is 22.0. The topological polar surface area (TPSA) is 249 Å². The molecule has 2 aromatic carbocycles. The van der Waals surface area contributed by atoms with E-state index in [0.717, 1.165) is 24.3 Å². The van der Waals surface area contributed by atoms with Crippen molar-refractivity contribution in [1.82, 2.24) is 0 Å². The number of ether oxygens (including phenoxy) is 4. The minimum absolute atomic E-state index is 0.0196. The molecule has 1 aromatic heterocycles. The Balaban J connectivity index is 1.45. The van der Waals surface area contributed by atoms with Gasteiger partial charge < -0.3 is 69.3 Å². The minimum atomic E-state index is -1.71. The van der Waals surface area contributed by atoms with Crippen LogP contribution in [0.3, 0.4) is 0 Å². The Kier molecular flexibility index (Phi) is 8.19. The SMILES string of the molecule is C[C@@H]1O[C@@H](OC[C@@H]2C[C@H](O)[C@@H](O)[C@H](Oc3c(-c4ccc(O)c(O)c4)oc4cc(O)cc(O)c4c3=O)O2)[C@H](O)[C@H](O)[C@H]1O. The van der Waals surface area contributed by atoms with E-state index in [1.54, 1.807) is 0 Å². The third kappa shape index (κ3) is 5.56. The fourth-order valence-electron chi connectivity index (χ4n) is 4.82. The second-order valence-corrected chi connectivity index (χ2v) is 10.2. The number of phenolic OH excluding ortho intramolecular Hbond substituents is 4. The van der Waals surface area contributed by atoms with E-state index in [0.29, 0.717) is 0 Å². The van der Waals surface area contributed by atoms with Gasteiger partial charge >= 0.3 is 0 Å². The van der Waals surface area contributed by atoms with Gasteiger partial charge in [0.15, 0.2) is 23.5 Å². The van der Waals surface area contributed by atoms with Crippen LogP contribution in [-0.4, -0.2) is 108 Å². The third-order valence-corrected chi connectivity index (χ3v) is 7.15. The van der Waals surface area contributed by atoms with Crippen molar-refractivity contribution in [2.24, 2.45) is 0 Å². The van der Waals surface area contributed by atoms with Crippen LogP contribution in [0.1, 0.15) is 13.3 Å². The van der Waals surface area contributed by atoms with Crippen molar-refractivity contribution in [3.8, 4) is 40.1 Å². The highest BCUT2D eigenvalue weighted by Crippen LogP contribution is 2.39. The van der Waals surface area contributed by atoms with E-state index in [4.69, 9.17) is 23.4 Å². The van der Waals surface area contributed by atoms with Gasteiger partial charge in [0.25, 0.3) is 0 Å². The highest BCUT2D eigenvalue weighted by molar-refractivity contribution is 5.88. The van der Waals surface area contributed by atoms with Crippen molar-refractivity contribution < 1.29 is 69.3 Å². The fourth-order valence-corrected chi connectivity index (χ4v) is 4.82. The van der Waals surface area contributed by atoms with E-state index in [1.807, 2.05) is 0 Å². The molecule has 9 atom stereocenters. The Morgan fingerprint density at radius 3 is 2.29 bits per heavy atom. The highest BCUT2D eigenvalue weighted by atomic mass is 16.7. The molecule has 2 aliphatic heterocycles. The number of aliphatic hydroxyl groups excluding tert-OH is 5. The van der Waals surface area contributed by atoms with Gasteiger partial charge in [0.05, 0.1) is 24.9 Å². The largest absolute Gasteiger partial charge is 0.508 e. The van der Waals surface area contributed by atoms with Gasteiger partial charge in [-0.1, -0.05) is 0 Å². The molecule has 5 rings (SSSR count). The normalized spacial score (nSPS) is 31.7. The molecule has 2 fully saturated rings. The van der Waals surface area contributed by atoms with Gasteiger partial charge in [-0.15, -0.1) is 0 Å². The molecule has 0 saturated carbocycles. The van der Waals surface area contributed by atoms with Crippen LogP contribution in [-0.2, 0) is 14.2 Å². The number of aliphatic hydroxyl groups is 5. The Morgan fingerprint density at radius 2 is 1.57 bits per heavy atom. The molecule has 3 aromatic rings. The van der Waals surface area contributed by atoms with Crippen LogP contribution in [0.5, 0.6) is 28.7 Å². The van der Waals surface area contributed by atoms with E-state index >= 15 is 0 Å². The average Bonchev–Trinajstić information content (AvgIpc) is 2.93. The fraction of sp³-hybridized carbons (Fsp3) is 0.444. The molecule has 0 spiro atoms. The van der Waals surface area contributed by atoms with Crippen LogP contribution in [0.25, 0.3) is 22.3 Å². The van der Waals surface area contributed by atoms with Crippen molar-refractivity contribution in [3.63, 3.8) is 0 Å². The first-order valence-electron chi connectivity index (χ1n) is 12.9. The number of hydrogen-bond acceptors (Lipinski definition) is 15. The third-order valence-electron chi connectivity index (χ3n) is 7.15. The summed E-state index contributed by atoms with van der Waals surface area (Å²) in [5.74, 6) is -3.05. The number of rotatable bonds is 6. The Morgan fingerprint density at radius 1 is 0.833 bits per heavy atom. The molecule has 0 amide bonds. The van der Waals surface area contributed by atoms with Gasteiger partial charge in [-0.3, -0.25) is 4.79 Å². The van der Waals surface area contributed by atoms with Gasteiger partial charge in [-0.05, 0) is 25.1 Å². The summed E-state index contributed by atoms with van der Waals surface area (Å²) >= 11 is 0. The standard InChI is InChI=1S/C27H30O15/c1-9-19(33)22(36)23(37)26(39-9)38-8-12-7-16(32)20(34)27(40-12)42-25-21(35)18-15(31)5-11(28)6-17(18)41-24(25)10-2-3-13(29)14(30)4-10/h2-6,9,12,16,19-20,22-23,26-34,36-37H,7-8H2,1H3/t9-,12-,16-,19-,20+,22+,23+,26+,27-/m0/s1. The Labute approximate surface area is 236 Å². The molecular weight excluding hydrogens is 564 g/mol. The van der Waals surface area contributed by atoms with Crippen molar-refractivity contribution >= 4 is 11.0 Å². The summed E-state index contributed by atoms with van der Waals surface area (Å²) in [6.07, 6.45) is -12.7. The van der Waals surface area contributed by atoms with Crippen molar-refractivity contribution in [2.45, 2.75) is 68.7 Å². The van der Waals surface area contributed by atoms with Crippen molar-refractivity contribution in [3.05, 3.63) is 40.6 Å². The van der Waals surface area contributed by atoms with E-state index in [2.05, 4.69) is 0 Å². The minimum Gasteiger partial charge on any atom is -0.508 e. The Bertz CT molecular complexity index is 1510. The lowest BCUT2D eigenvalue weighted by atomic mass is 10.00. The summed E-state index contributed by atoms with van der Waals surface area (Å²) in [7, 11) is 0. The van der Waals surface area contributed by atoms with Crippen LogP contribution in [0, 0.1) is 0 Å². The summed E-state index contributed by atoms with van der Waals surface area (Å²) in [6, 6.07) is 5.41. The van der Waals surface area contributed by atoms with Crippen LogP contribution < -0.4 is 10.2 Å². The molecule has 3 heterocycles. The number of hydrogen-bond donors (Lipinski definition) is 9. The summed E-state index contributed by atoms with van der Waals surface area (Å²) < 4.78 is 28.2. The lowest BCUT2D eigenvalue weighted by Gasteiger charge is -2.40.